The number of amides is 1. The lowest BCUT2D eigenvalue weighted by atomic mass is 10.1. The molecule has 1 aliphatic rings. The van der Waals surface area contributed by atoms with Crippen molar-refractivity contribution in [3.63, 3.8) is 0 Å². The summed E-state index contributed by atoms with van der Waals surface area (Å²) in [5.74, 6) is -1.07. The van der Waals surface area contributed by atoms with Crippen LogP contribution in [0.5, 0.6) is 0 Å². The highest BCUT2D eigenvalue weighted by Gasteiger charge is 2.41. The van der Waals surface area contributed by atoms with E-state index >= 15 is 0 Å². The van der Waals surface area contributed by atoms with Crippen LogP contribution in [-0.4, -0.2) is 48.7 Å². The Bertz CT molecular complexity index is 1330. The van der Waals surface area contributed by atoms with E-state index in [4.69, 9.17) is 11.6 Å². The van der Waals surface area contributed by atoms with Crippen molar-refractivity contribution in [2.75, 3.05) is 18.1 Å². The standard InChI is InChI=1S/C21H19ClF4N6O2S/c1-2-17-19(31-11-14(22)4-6-18(31)29-17)20(33)27-10-13-3-5-15(9-16(13)23)32-8-7-30(12-28-32)35(34)21(24,25)26/h3-6,9,11-12H,2,7-8,10H2,1H3,(H,27,33). The van der Waals surface area contributed by atoms with Crippen molar-refractivity contribution >= 4 is 46.2 Å². The van der Waals surface area contributed by atoms with Gasteiger partial charge in [0.05, 0.1) is 29.5 Å². The topological polar surface area (TPSA) is 82.3 Å². The number of benzene rings is 1. The summed E-state index contributed by atoms with van der Waals surface area (Å²) in [7, 11) is -3.21. The number of carbonyl (C=O) groups excluding carboxylic acids is 1. The minimum Gasteiger partial charge on any atom is -0.347 e. The second-order valence-corrected chi connectivity index (χ2v) is 9.35. The Morgan fingerprint density at radius 1 is 1.23 bits per heavy atom. The van der Waals surface area contributed by atoms with E-state index in [9.17, 15) is 26.6 Å². The second-order valence-electron chi connectivity index (χ2n) is 7.48. The summed E-state index contributed by atoms with van der Waals surface area (Å²) in [6, 6.07) is 7.51. The first-order valence-corrected chi connectivity index (χ1v) is 11.9. The zero-order valence-corrected chi connectivity index (χ0v) is 19.8. The highest BCUT2D eigenvalue weighted by Crippen LogP contribution is 2.25. The number of fused-ring (bicyclic) bond motifs is 1. The zero-order valence-electron chi connectivity index (χ0n) is 18.2. The molecule has 35 heavy (non-hydrogen) atoms. The molecular weight excluding hydrogens is 512 g/mol. The summed E-state index contributed by atoms with van der Waals surface area (Å²) < 4.78 is 66.1. The van der Waals surface area contributed by atoms with Gasteiger partial charge in [0.25, 0.3) is 5.91 Å². The van der Waals surface area contributed by atoms with Gasteiger partial charge in [-0.1, -0.05) is 24.6 Å². The van der Waals surface area contributed by atoms with Crippen LogP contribution < -0.4 is 10.3 Å². The smallest absolute Gasteiger partial charge is 0.347 e. The van der Waals surface area contributed by atoms with Gasteiger partial charge in [0.1, 0.15) is 23.5 Å². The van der Waals surface area contributed by atoms with Gasteiger partial charge in [0.2, 0.25) is 11.0 Å². The third-order valence-electron chi connectivity index (χ3n) is 5.24. The van der Waals surface area contributed by atoms with Crippen LogP contribution in [-0.2, 0) is 24.0 Å². The molecule has 0 spiro atoms. The van der Waals surface area contributed by atoms with E-state index in [0.29, 0.717) is 38.5 Å². The van der Waals surface area contributed by atoms with Gasteiger partial charge in [0.15, 0.2) is 0 Å². The van der Waals surface area contributed by atoms with Crippen LogP contribution in [0.3, 0.4) is 0 Å². The fraction of sp³-hybridized carbons (Fsp3) is 0.286. The summed E-state index contributed by atoms with van der Waals surface area (Å²) in [5, 5.41) is 8.25. The quantitative estimate of drug-likeness (QED) is 0.491. The van der Waals surface area contributed by atoms with Crippen LogP contribution in [0.2, 0.25) is 5.02 Å². The molecular formula is C21H19ClF4N6O2S. The number of nitrogens with zero attached hydrogens (tertiary/aromatic N) is 5. The SMILES string of the molecule is CCc1nc2ccc(Cl)cn2c1C(=O)NCc1ccc(N2CCN(S(=O)C(F)(F)F)C=N2)cc1F. The Hall–Kier alpha value is -3.19. The third kappa shape index (κ3) is 5.25. The van der Waals surface area contributed by atoms with Crippen LogP contribution in [0, 0.1) is 5.82 Å². The molecule has 0 aliphatic carbocycles. The van der Waals surface area contributed by atoms with Crippen molar-refractivity contribution in [3.8, 4) is 0 Å². The molecule has 1 unspecified atom stereocenters. The monoisotopic (exact) mass is 530 g/mol. The summed E-state index contributed by atoms with van der Waals surface area (Å²) in [5.41, 5.74) is -2.94. The van der Waals surface area contributed by atoms with Crippen LogP contribution in [0.4, 0.5) is 23.2 Å². The van der Waals surface area contributed by atoms with Crippen LogP contribution in [0.25, 0.3) is 5.65 Å². The molecule has 4 rings (SSSR count). The molecule has 1 atom stereocenters. The molecule has 2 aromatic heterocycles. The molecule has 0 fully saturated rings. The van der Waals surface area contributed by atoms with Gasteiger partial charge >= 0.3 is 5.51 Å². The molecule has 186 valence electrons. The maximum Gasteiger partial charge on any atom is 0.491 e. The molecule has 1 aliphatic heterocycles. The number of hydrazone groups is 1. The Kier molecular flexibility index (Phi) is 6.99. The van der Waals surface area contributed by atoms with E-state index < -0.39 is 28.2 Å². The van der Waals surface area contributed by atoms with Crippen molar-refractivity contribution in [1.82, 2.24) is 19.0 Å². The first-order valence-electron chi connectivity index (χ1n) is 10.4. The lowest BCUT2D eigenvalue weighted by Gasteiger charge is -2.29. The van der Waals surface area contributed by atoms with E-state index in [1.807, 2.05) is 6.92 Å². The number of rotatable bonds is 6. The molecule has 0 bridgehead atoms. The van der Waals surface area contributed by atoms with E-state index in [0.717, 1.165) is 6.34 Å². The lowest BCUT2D eigenvalue weighted by molar-refractivity contribution is -0.0414. The number of nitrogens with one attached hydrogen (secondary N) is 1. The van der Waals surface area contributed by atoms with Crippen molar-refractivity contribution in [2.45, 2.75) is 25.4 Å². The molecule has 0 saturated carbocycles. The number of aromatic nitrogens is 2. The highest BCUT2D eigenvalue weighted by molar-refractivity contribution is 7.84. The van der Waals surface area contributed by atoms with Crippen LogP contribution >= 0.6 is 11.6 Å². The van der Waals surface area contributed by atoms with Crippen LogP contribution in [0.15, 0.2) is 41.6 Å². The molecule has 8 nitrogen and oxygen atoms in total. The molecule has 0 saturated heterocycles. The zero-order chi connectivity index (χ0) is 25.3. The summed E-state index contributed by atoms with van der Waals surface area (Å²) >= 11 is 6.05. The fourth-order valence-corrected chi connectivity index (χ4v) is 4.34. The first kappa shape index (κ1) is 24.9. The summed E-state index contributed by atoms with van der Waals surface area (Å²) in [4.78, 5) is 17.3. The Labute approximate surface area is 204 Å². The van der Waals surface area contributed by atoms with Crippen molar-refractivity contribution in [1.29, 1.82) is 0 Å². The largest absolute Gasteiger partial charge is 0.491 e. The van der Waals surface area contributed by atoms with E-state index in [2.05, 4.69) is 15.4 Å². The Balaban J connectivity index is 1.45. The highest BCUT2D eigenvalue weighted by atomic mass is 35.5. The number of aryl methyl sites for hydroxylation is 1. The van der Waals surface area contributed by atoms with E-state index in [-0.39, 0.29) is 25.2 Å². The summed E-state index contributed by atoms with van der Waals surface area (Å²) in [6.07, 6.45) is 2.90. The van der Waals surface area contributed by atoms with Gasteiger partial charge in [-0.15, -0.1) is 0 Å². The van der Waals surface area contributed by atoms with Gasteiger partial charge in [-0.2, -0.15) is 18.3 Å². The van der Waals surface area contributed by atoms with E-state index in [1.54, 1.807) is 22.7 Å². The van der Waals surface area contributed by atoms with Gasteiger partial charge < -0.3 is 5.32 Å². The van der Waals surface area contributed by atoms with Gasteiger partial charge in [0, 0.05) is 18.3 Å². The minimum atomic E-state index is -4.89. The molecule has 1 N–H and O–H groups in total. The van der Waals surface area contributed by atoms with Gasteiger partial charge in [-0.05, 0) is 30.7 Å². The predicted molar refractivity (Wildman–Crippen MR) is 124 cm³/mol. The van der Waals surface area contributed by atoms with Gasteiger partial charge in [-0.3, -0.25) is 18.5 Å². The van der Waals surface area contributed by atoms with Crippen molar-refractivity contribution < 1.29 is 26.6 Å². The van der Waals surface area contributed by atoms with Gasteiger partial charge in [-0.25, -0.2) is 13.6 Å². The molecule has 14 heteroatoms. The van der Waals surface area contributed by atoms with E-state index in [1.165, 1.54) is 23.2 Å². The number of carbonyl (C=O) groups is 1. The second kappa shape index (κ2) is 9.82. The van der Waals surface area contributed by atoms with Crippen molar-refractivity contribution in [2.24, 2.45) is 5.10 Å². The maximum absolute atomic E-state index is 14.7. The van der Waals surface area contributed by atoms with Crippen LogP contribution in [0.1, 0.15) is 28.7 Å². The summed E-state index contributed by atoms with van der Waals surface area (Å²) in [6.45, 7) is 1.52. The molecule has 1 aromatic carbocycles. The number of pyridine rings is 1. The number of alkyl halides is 3. The normalized spacial score (nSPS) is 15.0. The first-order chi connectivity index (χ1) is 16.6. The number of halogens is 5. The average Bonchev–Trinajstić information content (AvgIpc) is 3.20. The van der Waals surface area contributed by atoms with Crippen molar-refractivity contribution in [3.05, 3.63) is 64.3 Å². The predicted octanol–water partition coefficient (Wildman–Crippen LogP) is 3.87. The fourth-order valence-electron chi connectivity index (χ4n) is 3.54. The molecule has 0 radical (unpaired) electrons. The number of imidazole rings is 1. The number of hydrogen-bond donors (Lipinski definition) is 1. The lowest BCUT2D eigenvalue weighted by Crippen LogP contribution is -2.42. The number of anilines is 1. The number of hydrogen-bond acceptors (Lipinski definition) is 5. The Morgan fingerprint density at radius 3 is 2.63 bits per heavy atom. The Morgan fingerprint density at radius 2 is 2.00 bits per heavy atom. The maximum atomic E-state index is 14.7. The average molecular weight is 531 g/mol. The molecule has 1 amide bonds. The molecule has 3 aromatic rings. The third-order valence-corrected chi connectivity index (χ3v) is 6.56. The minimum absolute atomic E-state index is 0.0233. The molecule has 3 heterocycles.